The van der Waals surface area contributed by atoms with E-state index in [4.69, 9.17) is 0 Å². The SMILES string of the molecule is O=[N+]([O-])c1cc(N2CN(c3ccccc3)c3ccccc32)cc(N2CN(c3ccccc3)c3ccccc32)c1. The summed E-state index contributed by atoms with van der Waals surface area (Å²) in [5.41, 5.74) is 7.93. The van der Waals surface area contributed by atoms with Gasteiger partial charge in [-0.05, 0) is 54.6 Å². The fourth-order valence-electron chi connectivity index (χ4n) is 5.52. The van der Waals surface area contributed by atoms with Crippen LogP contribution in [0.4, 0.5) is 51.2 Å². The molecule has 0 fully saturated rings. The van der Waals surface area contributed by atoms with Gasteiger partial charge >= 0.3 is 0 Å². The van der Waals surface area contributed by atoms with Crippen molar-refractivity contribution in [2.75, 3.05) is 32.9 Å². The van der Waals surface area contributed by atoms with Crippen LogP contribution >= 0.6 is 0 Å². The molecule has 0 unspecified atom stereocenters. The number of nitro groups is 1. The molecule has 2 aliphatic heterocycles. The number of nitrogens with zero attached hydrogens (tertiary/aromatic N) is 5. The number of rotatable bonds is 5. The van der Waals surface area contributed by atoms with Gasteiger partial charge in [0.05, 0.1) is 39.0 Å². The summed E-state index contributed by atoms with van der Waals surface area (Å²) >= 11 is 0. The number of fused-ring (bicyclic) bond motifs is 2. The van der Waals surface area contributed by atoms with E-state index in [1.807, 2.05) is 60.7 Å². The van der Waals surface area contributed by atoms with Crippen molar-refractivity contribution in [2.24, 2.45) is 0 Å². The van der Waals surface area contributed by atoms with Crippen LogP contribution in [0.3, 0.4) is 0 Å². The Morgan fingerprint density at radius 1 is 0.462 bits per heavy atom. The van der Waals surface area contributed by atoms with Gasteiger partial charge in [-0.1, -0.05) is 60.7 Å². The number of hydrogen-bond acceptors (Lipinski definition) is 6. The molecule has 0 spiro atoms. The third-order valence-corrected chi connectivity index (χ3v) is 7.35. The largest absolute Gasteiger partial charge is 0.321 e. The van der Waals surface area contributed by atoms with Crippen molar-refractivity contribution in [1.29, 1.82) is 0 Å². The van der Waals surface area contributed by atoms with E-state index in [1.165, 1.54) is 0 Å². The van der Waals surface area contributed by atoms with Crippen LogP contribution in [0.1, 0.15) is 0 Å². The Balaban J connectivity index is 1.33. The minimum Gasteiger partial charge on any atom is -0.321 e. The van der Waals surface area contributed by atoms with Gasteiger partial charge in [0.2, 0.25) is 0 Å². The molecule has 0 aliphatic carbocycles. The minimum atomic E-state index is -0.305. The van der Waals surface area contributed by atoms with E-state index in [1.54, 1.807) is 12.1 Å². The van der Waals surface area contributed by atoms with Crippen LogP contribution in [0, 0.1) is 10.1 Å². The molecule has 190 valence electrons. The summed E-state index contributed by atoms with van der Waals surface area (Å²) in [6.45, 7) is 1.10. The van der Waals surface area contributed by atoms with E-state index in [0.717, 1.165) is 45.5 Å². The second-order valence-corrected chi connectivity index (χ2v) is 9.61. The lowest BCUT2D eigenvalue weighted by molar-refractivity contribution is -0.384. The van der Waals surface area contributed by atoms with Gasteiger partial charge in [-0.3, -0.25) is 10.1 Å². The van der Waals surface area contributed by atoms with Gasteiger partial charge < -0.3 is 19.6 Å². The molecule has 5 aromatic rings. The first-order valence-electron chi connectivity index (χ1n) is 12.9. The lowest BCUT2D eigenvalue weighted by atomic mass is 10.2. The van der Waals surface area contributed by atoms with Gasteiger partial charge in [0, 0.05) is 23.5 Å². The molecule has 0 radical (unpaired) electrons. The van der Waals surface area contributed by atoms with E-state index >= 15 is 0 Å². The average Bonchev–Trinajstić information content (AvgIpc) is 3.58. The van der Waals surface area contributed by atoms with Gasteiger partial charge in [-0.15, -0.1) is 0 Å². The number of non-ortho nitro benzene ring substituents is 1. The maximum Gasteiger partial charge on any atom is 0.273 e. The molecule has 2 aliphatic rings. The highest BCUT2D eigenvalue weighted by atomic mass is 16.6. The molecular formula is C32H25N5O2. The molecule has 5 aromatic carbocycles. The van der Waals surface area contributed by atoms with Gasteiger partial charge in [0.1, 0.15) is 13.3 Å². The number of para-hydroxylation sites is 6. The Bertz CT molecular complexity index is 1560. The van der Waals surface area contributed by atoms with Crippen LogP contribution < -0.4 is 19.6 Å². The van der Waals surface area contributed by atoms with Crippen LogP contribution in [0.25, 0.3) is 0 Å². The van der Waals surface area contributed by atoms with Crippen molar-refractivity contribution in [1.82, 2.24) is 0 Å². The standard InChI is InChI=1S/C32H25N5O2/c38-37(39)28-20-26(35-22-33(24-11-3-1-4-12-24)29-15-7-9-17-31(29)35)19-27(21-28)36-23-34(25-13-5-2-6-14-25)30-16-8-10-18-32(30)36/h1-21H,22-23H2. The first-order valence-corrected chi connectivity index (χ1v) is 12.9. The molecular weight excluding hydrogens is 486 g/mol. The van der Waals surface area contributed by atoms with Gasteiger partial charge in [0.15, 0.2) is 0 Å². The molecule has 2 heterocycles. The third kappa shape index (κ3) is 3.92. The summed E-state index contributed by atoms with van der Waals surface area (Å²) in [5.74, 6) is 0. The fraction of sp³-hybridized carbons (Fsp3) is 0.0625. The van der Waals surface area contributed by atoms with Crippen molar-refractivity contribution in [3.05, 3.63) is 138 Å². The first-order chi connectivity index (χ1) is 19.2. The Hall–Kier alpha value is -5.30. The van der Waals surface area contributed by atoms with Crippen LogP contribution in [0.15, 0.2) is 127 Å². The maximum atomic E-state index is 12.1. The summed E-state index contributed by atoms with van der Waals surface area (Å²) in [6, 6.07) is 42.2. The van der Waals surface area contributed by atoms with Crippen molar-refractivity contribution in [2.45, 2.75) is 0 Å². The topological polar surface area (TPSA) is 56.1 Å². The van der Waals surface area contributed by atoms with E-state index in [0.29, 0.717) is 13.3 Å². The Labute approximate surface area is 226 Å². The smallest absolute Gasteiger partial charge is 0.273 e. The lowest BCUT2D eigenvalue weighted by Crippen LogP contribution is -2.25. The zero-order valence-electron chi connectivity index (χ0n) is 21.1. The highest BCUT2D eigenvalue weighted by Gasteiger charge is 2.32. The number of benzene rings is 5. The predicted molar refractivity (Wildman–Crippen MR) is 157 cm³/mol. The fourth-order valence-corrected chi connectivity index (χ4v) is 5.52. The molecule has 0 N–H and O–H groups in total. The zero-order chi connectivity index (χ0) is 26.3. The molecule has 7 rings (SSSR count). The summed E-state index contributed by atoms with van der Waals surface area (Å²) in [6.07, 6.45) is 0. The van der Waals surface area contributed by atoms with Gasteiger partial charge in [0.25, 0.3) is 5.69 Å². The number of anilines is 8. The summed E-state index contributed by atoms with van der Waals surface area (Å²) in [4.78, 5) is 20.6. The zero-order valence-corrected chi connectivity index (χ0v) is 21.1. The van der Waals surface area contributed by atoms with Crippen molar-refractivity contribution in [3.8, 4) is 0 Å². The number of nitro benzene ring substituents is 1. The molecule has 39 heavy (non-hydrogen) atoms. The van der Waals surface area contributed by atoms with Crippen LogP contribution in [-0.2, 0) is 0 Å². The second kappa shape index (κ2) is 9.22. The molecule has 0 saturated heterocycles. The maximum absolute atomic E-state index is 12.1. The quantitative estimate of drug-likeness (QED) is 0.176. The average molecular weight is 512 g/mol. The second-order valence-electron chi connectivity index (χ2n) is 9.61. The minimum absolute atomic E-state index is 0.0637. The molecule has 7 heteroatoms. The summed E-state index contributed by atoms with van der Waals surface area (Å²) in [7, 11) is 0. The van der Waals surface area contributed by atoms with Crippen molar-refractivity contribution in [3.63, 3.8) is 0 Å². The molecule has 0 amide bonds. The third-order valence-electron chi connectivity index (χ3n) is 7.35. The van der Waals surface area contributed by atoms with Gasteiger partial charge in [-0.2, -0.15) is 0 Å². The number of hydrogen-bond donors (Lipinski definition) is 0. The first kappa shape index (κ1) is 22.9. The normalized spacial score (nSPS) is 13.9. The Morgan fingerprint density at radius 2 is 0.795 bits per heavy atom. The van der Waals surface area contributed by atoms with Crippen LogP contribution in [0.2, 0.25) is 0 Å². The lowest BCUT2D eigenvalue weighted by Gasteiger charge is -2.25. The monoisotopic (exact) mass is 511 g/mol. The van der Waals surface area contributed by atoms with Crippen LogP contribution in [-0.4, -0.2) is 18.3 Å². The molecule has 0 bridgehead atoms. The highest BCUT2D eigenvalue weighted by Crippen LogP contribution is 2.48. The molecule has 0 aromatic heterocycles. The summed E-state index contributed by atoms with van der Waals surface area (Å²) in [5, 5.41) is 12.1. The molecule has 0 saturated carbocycles. The van der Waals surface area contributed by atoms with Crippen LogP contribution in [0.5, 0.6) is 0 Å². The Morgan fingerprint density at radius 3 is 1.15 bits per heavy atom. The highest BCUT2D eigenvalue weighted by molar-refractivity contribution is 5.91. The van der Waals surface area contributed by atoms with E-state index in [2.05, 4.69) is 74.2 Å². The van der Waals surface area contributed by atoms with Gasteiger partial charge in [-0.25, -0.2) is 0 Å². The Kier molecular flexibility index (Phi) is 5.41. The predicted octanol–water partition coefficient (Wildman–Crippen LogP) is 8.09. The van der Waals surface area contributed by atoms with E-state index < -0.39 is 0 Å². The molecule has 7 nitrogen and oxygen atoms in total. The summed E-state index contributed by atoms with van der Waals surface area (Å²) < 4.78 is 0. The van der Waals surface area contributed by atoms with E-state index in [-0.39, 0.29) is 10.6 Å². The van der Waals surface area contributed by atoms with Crippen molar-refractivity contribution < 1.29 is 4.92 Å². The van der Waals surface area contributed by atoms with E-state index in [9.17, 15) is 10.1 Å². The molecule has 0 atom stereocenters. The van der Waals surface area contributed by atoms with Crippen molar-refractivity contribution >= 4 is 51.2 Å².